The second kappa shape index (κ2) is 26.3. The second-order valence-corrected chi connectivity index (χ2v) is 11.8. The Morgan fingerprint density at radius 3 is 1.45 bits per heavy atom. The van der Waals surface area contributed by atoms with E-state index in [4.69, 9.17) is 14.0 Å². The van der Waals surface area contributed by atoms with Crippen LogP contribution < -0.4 is 0 Å². The van der Waals surface area contributed by atoms with Gasteiger partial charge in [0.25, 0.3) is 0 Å². The number of carbonyl (C=O) groups excluding carboxylic acids is 2. The molecule has 0 fully saturated rings. The highest BCUT2D eigenvalue weighted by molar-refractivity contribution is 7.47. The van der Waals surface area contributed by atoms with Crippen molar-refractivity contribution < 1.29 is 37.6 Å². The molecule has 0 aliphatic rings. The number of ether oxygens (including phenoxy) is 2. The van der Waals surface area contributed by atoms with Crippen molar-refractivity contribution in [3.8, 4) is 0 Å². The minimum atomic E-state index is -4.23. The summed E-state index contributed by atoms with van der Waals surface area (Å²) in [5, 5.41) is 0. The number of hydrogen-bond acceptors (Lipinski definition) is 7. The Morgan fingerprint density at radius 1 is 0.632 bits per heavy atom. The lowest BCUT2D eigenvalue weighted by molar-refractivity contribution is -0.161. The molecule has 2 unspecified atom stereocenters. The Bertz CT molecular complexity index is 613. The first-order valence-corrected chi connectivity index (χ1v) is 16.7. The van der Waals surface area contributed by atoms with Crippen molar-refractivity contribution in [2.45, 2.75) is 155 Å². The normalized spacial score (nSPS) is 13.7. The van der Waals surface area contributed by atoms with Crippen molar-refractivity contribution in [3.05, 3.63) is 0 Å². The van der Waals surface area contributed by atoms with E-state index in [9.17, 15) is 19.0 Å². The highest BCUT2D eigenvalue weighted by Gasteiger charge is 2.24. The first-order valence-electron chi connectivity index (χ1n) is 15.2. The number of phosphoric acid groups is 1. The van der Waals surface area contributed by atoms with Gasteiger partial charge in [0, 0.05) is 20.0 Å². The zero-order chi connectivity index (χ0) is 28.3. The van der Waals surface area contributed by atoms with Crippen LogP contribution in [-0.2, 0) is 32.7 Å². The van der Waals surface area contributed by atoms with E-state index < -0.39 is 26.5 Å². The van der Waals surface area contributed by atoms with Crippen LogP contribution in [0.2, 0.25) is 0 Å². The fourth-order valence-corrected chi connectivity index (χ4v) is 4.65. The average Bonchev–Trinajstić information content (AvgIpc) is 2.90. The van der Waals surface area contributed by atoms with E-state index in [1.54, 1.807) is 0 Å². The third kappa shape index (κ3) is 25.3. The molecular formula is C29H57O8P. The molecule has 0 spiro atoms. The SMILES string of the molecule is CCCCCCCCCCCCC(=O)OC(COC(=O)CCCCCCCCCCC)COP(=O)(O)OC. The lowest BCUT2D eigenvalue weighted by Crippen LogP contribution is -2.29. The van der Waals surface area contributed by atoms with E-state index in [2.05, 4.69) is 18.4 Å². The van der Waals surface area contributed by atoms with Crippen LogP contribution in [0.25, 0.3) is 0 Å². The Hall–Kier alpha value is -0.950. The number of rotatable bonds is 28. The van der Waals surface area contributed by atoms with Crippen LogP contribution in [-0.4, -0.2) is 43.3 Å². The summed E-state index contributed by atoms with van der Waals surface area (Å²) in [6.45, 7) is 3.82. The standard InChI is InChI=1S/C29H57O8P/c1-4-6-8-10-12-14-16-18-20-22-24-29(31)37-27(26-36-38(32,33)34-3)25-35-28(30)23-21-19-17-15-13-11-9-7-5-2/h27H,4-26H2,1-3H3,(H,32,33). The molecule has 0 aromatic heterocycles. The monoisotopic (exact) mass is 564 g/mol. The van der Waals surface area contributed by atoms with Crippen molar-refractivity contribution in [2.75, 3.05) is 20.3 Å². The molecule has 0 saturated carbocycles. The van der Waals surface area contributed by atoms with E-state index >= 15 is 0 Å². The molecular weight excluding hydrogens is 507 g/mol. The molecule has 226 valence electrons. The van der Waals surface area contributed by atoms with E-state index in [-0.39, 0.29) is 19.0 Å². The van der Waals surface area contributed by atoms with E-state index in [1.807, 2.05) is 0 Å². The molecule has 0 aliphatic carbocycles. The number of esters is 2. The highest BCUT2D eigenvalue weighted by atomic mass is 31.2. The van der Waals surface area contributed by atoms with Crippen LogP contribution in [0.3, 0.4) is 0 Å². The van der Waals surface area contributed by atoms with Crippen LogP contribution >= 0.6 is 7.82 Å². The van der Waals surface area contributed by atoms with Crippen LogP contribution in [0.4, 0.5) is 0 Å². The Morgan fingerprint density at radius 2 is 1.03 bits per heavy atom. The molecule has 8 nitrogen and oxygen atoms in total. The maximum Gasteiger partial charge on any atom is 0.472 e. The molecule has 1 N–H and O–H groups in total. The molecule has 2 atom stereocenters. The van der Waals surface area contributed by atoms with Gasteiger partial charge in [-0.25, -0.2) is 4.57 Å². The van der Waals surface area contributed by atoms with Crippen molar-refractivity contribution in [1.29, 1.82) is 0 Å². The predicted molar refractivity (Wildman–Crippen MR) is 152 cm³/mol. The lowest BCUT2D eigenvalue weighted by Gasteiger charge is -2.19. The van der Waals surface area contributed by atoms with Crippen molar-refractivity contribution >= 4 is 19.8 Å². The molecule has 9 heteroatoms. The first kappa shape index (κ1) is 37.0. The van der Waals surface area contributed by atoms with Gasteiger partial charge >= 0.3 is 19.8 Å². The van der Waals surface area contributed by atoms with Crippen molar-refractivity contribution in [3.63, 3.8) is 0 Å². The molecule has 0 amide bonds. The smallest absolute Gasteiger partial charge is 0.462 e. The summed E-state index contributed by atoms with van der Waals surface area (Å²) in [5.41, 5.74) is 0. The van der Waals surface area contributed by atoms with Gasteiger partial charge in [0.1, 0.15) is 6.61 Å². The number of unbranched alkanes of at least 4 members (excludes halogenated alkanes) is 17. The molecule has 0 saturated heterocycles. The summed E-state index contributed by atoms with van der Waals surface area (Å²) < 4.78 is 31.6. The number of phosphoric ester groups is 1. The van der Waals surface area contributed by atoms with Gasteiger partial charge < -0.3 is 14.4 Å². The third-order valence-corrected chi connectivity index (χ3v) is 7.54. The zero-order valence-corrected chi connectivity index (χ0v) is 25.5. The molecule has 0 radical (unpaired) electrons. The molecule has 0 bridgehead atoms. The minimum Gasteiger partial charge on any atom is -0.462 e. The van der Waals surface area contributed by atoms with Crippen LogP contribution in [0.5, 0.6) is 0 Å². The van der Waals surface area contributed by atoms with Crippen molar-refractivity contribution in [1.82, 2.24) is 0 Å². The molecule has 0 heterocycles. The lowest BCUT2D eigenvalue weighted by atomic mass is 10.1. The number of hydrogen-bond donors (Lipinski definition) is 1. The Balaban J connectivity index is 4.16. The van der Waals surface area contributed by atoms with Gasteiger partial charge in [-0.1, -0.05) is 123 Å². The van der Waals surface area contributed by atoms with Gasteiger partial charge in [-0.2, -0.15) is 0 Å². The fraction of sp³-hybridized carbons (Fsp3) is 0.931. The first-order chi connectivity index (χ1) is 18.3. The topological polar surface area (TPSA) is 108 Å². The summed E-state index contributed by atoms with van der Waals surface area (Å²) in [6, 6.07) is 0. The highest BCUT2D eigenvalue weighted by Crippen LogP contribution is 2.42. The van der Waals surface area contributed by atoms with Gasteiger partial charge in [-0.05, 0) is 12.8 Å². The van der Waals surface area contributed by atoms with E-state index in [0.29, 0.717) is 6.42 Å². The average molecular weight is 565 g/mol. The summed E-state index contributed by atoms with van der Waals surface area (Å²) in [7, 11) is -3.18. The Labute approximate surface area is 232 Å². The fourth-order valence-electron chi connectivity index (χ4n) is 4.19. The molecule has 38 heavy (non-hydrogen) atoms. The van der Waals surface area contributed by atoms with E-state index in [1.165, 1.54) is 83.5 Å². The second-order valence-electron chi connectivity index (χ2n) is 10.3. The molecule has 0 aliphatic heterocycles. The summed E-state index contributed by atoms with van der Waals surface area (Å²) >= 11 is 0. The van der Waals surface area contributed by atoms with Gasteiger partial charge in [0.2, 0.25) is 0 Å². The summed E-state index contributed by atoms with van der Waals surface area (Å²) in [5.74, 6) is -0.805. The van der Waals surface area contributed by atoms with Crippen molar-refractivity contribution in [2.24, 2.45) is 0 Å². The predicted octanol–water partition coefficient (Wildman–Crippen LogP) is 8.44. The summed E-state index contributed by atoms with van der Waals surface area (Å²) in [4.78, 5) is 33.9. The Kier molecular flexibility index (Phi) is 25.6. The maximum atomic E-state index is 12.3. The van der Waals surface area contributed by atoms with Gasteiger partial charge in [-0.15, -0.1) is 0 Å². The molecule has 0 aromatic carbocycles. The van der Waals surface area contributed by atoms with Gasteiger partial charge in [0.15, 0.2) is 6.10 Å². The van der Waals surface area contributed by atoms with Crippen LogP contribution in [0, 0.1) is 0 Å². The van der Waals surface area contributed by atoms with E-state index in [0.717, 1.165) is 45.6 Å². The minimum absolute atomic E-state index is 0.219. The third-order valence-electron chi connectivity index (χ3n) is 6.60. The molecule has 0 rings (SSSR count). The zero-order valence-electron chi connectivity index (χ0n) is 24.6. The molecule has 0 aromatic rings. The largest absolute Gasteiger partial charge is 0.472 e. The number of carbonyl (C=O) groups is 2. The van der Waals surface area contributed by atoms with Gasteiger partial charge in [0.05, 0.1) is 6.61 Å². The quantitative estimate of drug-likeness (QED) is 0.0573. The van der Waals surface area contributed by atoms with Crippen LogP contribution in [0.15, 0.2) is 0 Å². The maximum absolute atomic E-state index is 12.3. The summed E-state index contributed by atoms with van der Waals surface area (Å²) in [6.07, 6.45) is 21.6. The van der Waals surface area contributed by atoms with Crippen LogP contribution in [0.1, 0.15) is 149 Å². The van der Waals surface area contributed by atoms with Gasteiger partial charge in [-0.3, -0.25) is 18.6 Å².